The van der Waals surface area contributed by atoms with Crippen LogP contribution >= 0.6 is 0 Å². The normalized spacial score (nSPS) is 11.8. The number of anilines is 1. The average Bonchev–Trinajstić information content (AvgIpc) is 3.38. The second kappa shape index (κ2) is 8.03. The van der Waals surface area contributed by atoms with Crippen LogP contribution in [0.15, 0.2) is 67.3 Å². The van der Waals surface area contributed by atoms with Crippen molar-refractivity contribution < 1.29 is 17.2 Å². The first-order valence-corrected chi connectivity index (χ1v) is 12.0. The summed E-state index contributed by atoms with van der Waals surface area (Å²) < 4.78 is 57.3. The number of sulfonamides is 1. The Morgan fingerprint density at radius 1 is 0.971 bits per heavy atom. The largest absolute Gasteiger partial charge is 0.283 e. The molecule has 8 nitrogen and oxygen atoms in total. The second-order valence-electron chi connectivity index (χ2n) is 7.82. The zero-order valence-electron chi connectivity index (χ0n) is 18.1. The average molecular weight is 481 g/mol. The number of benzene rings is 2. The molecule has 1 N–H and O–H groups in total. The highest BCUT2D eigenvalue weighted by atomic mass is 32.2. The molecule has 0 fully saturated rings. The van der Waals surface area contributed by atoms with Gasteiger partial charge >= 0.3 is 0 Å². The number of hydrogen-bond acceptors (Lipinski definition) is 5. The number of aryl methyl sites for hydroxylation is 1. The highest BCUT2D eigenvalue weighted by molar-refractivity contribution is 7.92. The summed E-state index contributed by atoms with van der Waals surface area (Å²) in [6.45, 7) is 0. The SMILES string of the molecule is Cn1cc(-c2ccc3c(c2)ncn3-c2cc(-c3ccc(F)cc3F)cc(NS(C)(=O)=O)n2)cn1. The fraction of sp³-hybridized carbons (Fsp3) is 0.0870. The number of nitrogens with zero attached hydrogens (tertiary/aromatic N) is 5. The molecular formula is C23H18F2N6O2S. The van der Waals surface area contributed by atoms with Gasteiger partial charge in [-0.25, -0.2) is 27.2 Å². The molecule has 2 aromatic carbocycles. The van der Waals surface area contributed by atoms with Crippen molar-refractivity contribution in [2.75, 3.05) is 11.0 Å². The molecule has 0 saturated heterocycles. The smallest absolute Gasteiger partial charge is 0.230 e. The predicted octanol–water partition coefficient (Wildman–Crippen LogP) is 4.14. The van der Waals surface area contributed by atoms with Gasteiger partial charge in [-0.3, -0.25) is 14.0 Å². The lowest BCUT2D eigenvalue weighted by atomic mass is 10.1. The van der Waals surface area contributed by atoms with Gasteiger partial charge in [0.1, 0.15) is 29.6 Å². The summed E-state index contributed by atoms with van der Waals surface area (Å²) in [5.41, 5.74) is 3.68. The van der Waals surface area contributed by atoms with Crippen molar-refractivity contribution >= 4 is 26.9 Å². The van der Waals surface area contributed by atoms with Gasteiger partial charge in [0.15, 0.2) is 0 Å². The molecule has 0 saturated carbocycles. The standard InChI is InChI=1S/C23H18F2N6O2S/c1-30-12-16(11-27-30)14-3-6-21-20(7-14)26-13-31(21)23-9-15(8-22(28-23)29-34(2,32)33)18-5-4-17(24)10-19(18)25/h3-13H,1-2H3,(H,28,29). The molecule has 172 valence electrons. The third-order valence-electron chi connectivity index (χ3n) is 5.18. The minimum absolute atomic E-state index is 0.00689. The second-order valence-corrected chi connectivity index (χ2v) is 9.57. The summed E-state index contributed by atoms with van der Waals surface area (Å²) in [6.07, 6.45) is 6.19. The van der Waals surface area contributed by atoms with Gasteiger partial charge in [0.2, 0.25) is 10.0 Å². The molecule has 0 radical (unpaired) electrons. The highest BCUT2D eigenvalue weighted by Gasteiger charge is 2.15. The number of nitrogens with one attached hydrogen (secondary N) is 1. The molecule has 0 spiro atoms. The summed E-state index contributed by atoms with van der Waals surface area (Å²) in [7, 11) is -1.82. The monoisotopic (exact) mass is 480 g/mol. The highest BCUT2D eigenvalue weighted by Crippen LogP contribution is 2.30. The Morgan fingerprint density at radius 3 is 2.50 bits per heavy atom. The molecule has 5 aromatic rings. The van der Waals surface area contributed by atoms with Gasteiger partial charge in [0.05, 0.1) is 23.5 Å². The third-order valence-corrected chi connectivity index (χ3v) is 5.76. The Kier molecular flexibility index (Phi) is 5.13. The van der Waals surface area contributed by atoms with Crippen molar-refractivity contribution in [3.63, 3.8) is 0 Å². The summed E-state index contributed by atoms with van der Waals surface area (Å²) >= 11 is 0. The van der Waals surface area contributed by atoms with E-state index in [0.717, 1.165) is 29.5 Å². The molecule has 5 rings (SSSR count). The van der Waals surface area contributed by atoms with Crippen LogP contribution in [0.25, 0.3) is 39.1 Å². The van der Waals surface area contributed by atoms with Crippen LogP contribution in [0.2, 0.25) is 0 Å². The van der Waals surface area contributed by atoms with Crippen LogP contribution in [-0.4, -0.2) is 39.0 Å². The van der Waals surface area contributed by atoms with E-state index < -0.39 is 21.7 Å². The fourth-order valence-electron chi connectivity index (χ4n) is 3.71. The molecule has 3 aromatic heterocycles. The summed E-state index contributed by atoms with van der Waals surface area (Å²) in [5.74, 6) is -1.19. The maximum atomic E-state index is 14.5. The Balaban J connectivity index is 1.65. The number of imidazole rings is 1. The summed E-state index contributed by atoms with van der Waals surface area (Å²) in [5, 5.41) is 4.19. The molecule has 0 amide bonds. The van der Waals surface area contributed by atoms with E-state index >= 15 is 0 Å². The van der Waals surface area contributed by atoms with Crippen LogP contribution in [0.3, 0.4) is 0 Å². The van der Waals surface area contributed by atoms with E-state index in [2.05, 4.69) is 19.8 Å². The van der Waals surface area contributed by atoms with Gasteiger partial charge in [0, 0.05) is 30.4 Å². The van der Waals surface area contributed by atoms with E-state index in [0.29, 0.717) is 22.4 Å². The quantitative estimate of drug-likeness (QED) is 0.408. The zero-order valence-corrected chi connectivity index (χ0v) is 18.9. The Labute approximate surface area is 193 Å². The lowest BCUT2D eigenvalue weighted by Gasteiger charge is -2.12. The first-order valence-electron chi connectivity index (χ1n) is 10.1. The lowest BCUT2D eigenvalue weighted by Crippen LogP contribution is -2.12. The lowest BCUT2D eigenvalue weighted by molar-refractivity contribution is 0.585. The Hall–Kier alpha value is -4.12. The summed E-state index contributed by atoms with van der Waals surface area (Å²) in [6, 6.07) is 11.8. The number of hydrogen-bond donors (Lipinski definition) is 1. The van der Waals surface area contributed by atoms with E-state index in [4.69, 9.17) is 0 Å². The van der Waals surface area contributed by atoms with Crippen molar-refractivity contribution in [1.82, 2.24) is 24.3 Å². The van der Waals surface area contributed by atoms with Crippen LogP contribution in [0.5, 0.6) is 0 Å². The molecule has 0 aliphatic rings. The fourth-order valence-corrected chi connectivity index (χ4v) is 4.19. The van der Waals surface area contributed by atoms with Crippen LogP contribution in [-0.2, 0) is 17.1 Å². The van der Waals surface area contributed by atoms with Gasteiger partial charge in [-0.1, -0.05) is 6.07 Å². The van der Waals surface area contributed by atoms with Gasteiger partial charge in [-0.15, -0.1) is 0 Å². The maximum Gasteiger partial charge on any atom is 0.230 e. The molecule has 3 heterocycles. The van der Waals surface area contributed by atoms with E-state index in [9.17, 15) is 17.2 Å². The maximum absolute atomic E-state index is 14.5. The topological polar surface area (TPSA) is 94.7 Å². The Morgan fingerprint density at radius 2 is 1.79 bits per heavy atom. The van der Waals surface area contributed by atoms with Crippen molar-refractivity contribution in [2.45, 2.75) is 0 Å². The van der Waals surface area contributed by atoms with E-state index in [1.54, 1.807) is 27.8 Å². The molecule has 0 aliphatic heterocycles. The van der Waals surface area contributed by atoms with E-state index in [1.165, 1.54) is 12.1 Å². The molecule has 0 atom stereocenters. The van der Waals surface area contributed by atoms with Crippen molar-refractivity contribution in [3.05, 3.63) is 78.9 Å². The number of pyridine rings is 1. The third kappa shape index (κ3) is 4.25. The summed E-state index contributed by atoms with van der Waals surface area (Å²) in [4.78, 5) is 8.85. The first kappa shape index (κ1) is 21.7. The van der Waals surface area contributed by atoms with Crippen LogP contribution in [0.1, 0.15) is 0 Å². The molecule has 0 aliphatic carbocycles. The van der Waals surface area contributed by atoms with Gasteiger partial charge in [0.25, 0.3) is 0 Å². The number of rotatable bonds is 5. The van der Waals surface area contributed by atoms with Gasteiger partial charge in [-0.2, -0.15) is 5.10 Å². The van der Waals surface area contributed by atoms with Crippen molar-refractivity contribution in [1.29, 1.82) is 0 Å². The molecule has 11 heteroatoms. The van der Waals surface area contributed by atoms with E-state index in [1.807, 2.05) is 31.4 Å². The zero-order chi connectivity index (χ0) is 24.0. The minimum Gasteiger partial charge on any atom is -0.283 e. The predicted molar refractivity (Wildman–Crippen MR) is 125 cm³/mol. The Bertz CT molecular complexity index is 1660. The molecule has 34 heavy (non-hydrogen) atoms. The van der Waals surface area contributed by atoms with E-state index in [-0.39, 0.29) is 11.4 Å². The van der Waals surface area contributed by atoms with Crippen LogP contribution in [0.4, 0.5) is 14.6 Å². The van der Waals surface area contributed by atoms with Crippen molar-refractivity contribution in [3.8, 4) is 28.1 Å². The van der Waals surface area contributed by atoms with Crippen LogP contribution < -0.4 is 4.72 Å². The van der Waals surface area contributed by atoms with Gasteiger partial charge in [-0.05, 0) is 47.5 Å². The van der Waals surface area contributed by atoms with Crippen molar-refractivity contribution in [2.24, 2.45) is 7.05 Å². The molecule has 0 unspecified atom stereocenters. The van der Waals surface area contributed by atoms with Crippen LogP contribution in [0, 0.1) is 11.6 Å². The first-order chi connectivity index (χ1) is 16.2. The molecule has 0 bridgehead atoms. The number of aromatic nitrogens is 5. The number of fused-ring (bicyclic) bond motifs is 1. The minimum atomic E-state index is -3.65. The number of halogens is 2. The molecular weight excluding hydrogens is 462 g/mol. The van der Waals surface area contributed by atoms with Gasteiger partial charge < -0.3 is 0 Å².